The molecule has 1 amide bonds. The number of aromatic nitrogens is 1. The fraction of sp³-hybridized carbons (Fsp3) is 0.353. The molecule has 0 radical (unpaired) electrons. The summed E-state index contributed by atoms with van der Waals surface area (Å²) in [5, 5.41) is 2.79. The Bertz CT molecular complexity index is 669. The van der Waals surface area contributed by atoms with Crippen LogP contribution in [0.4, 0.5) is 5.69 Å². The highest BCUT2D eigenvalue weighted by molar-refractivity contribution is 7.09. The number of thiazole rings is 1. The molecule has 0 bridgehead atoms. The van der Waals surface area contributed by atoms with Crippen LogP contribution >= 0.6 is 11.3 Å². The van der Waals surface area contributed by atoms with E-state index in [2.05, 4.69) is 4.98 Å². The average Bonchev–Trinajstić information content (AvgIpc) is 2.97. The van der Waals surface area contributed by atoms with E-state index in [9.17, 15) is 9.59 Å². The van der Waals surface area contributed by atoms with Crippen LogP contribution in [0, 0.1) is 6.92 Å². The Kier molecular flexibility index (Phi) is 5.87. The van der Waals surface area contributed by atoms with Crippen LogP contribution in [0.15, 0.2) is 35.7 Å². The van der Waals surface area contributed by atoms with Gasteiger partial charge in [-0.25, -0.2) is 9.78 Å². The third kappa shape index (κ3) is 4.16. The SMILES string of the molecule is CCC(C(=O)OC)N(C(=O)Cc1csc(C)n1)c1ccccc1. The van der Waals surface area contributed by atoms with Crippen molar-refractivity contribution in [2.45, 2.75) is 32.7 Å². The zero-order valence-electron chi connectivity index (χ0n) is 13.5. The minimum atomic E-state index is -0.644. The van der Waals surface area contributed by atoms with Crippen LogP contribution in [-0.4, -0.2) is 30.0 Å². The molecule has 0 saturated carbocycles. The number of hydrogen-bond donors (Lipinski definition) is 0. The standard InChI is InChI=1S/C17H20N2O3S/c1-4-15(17(21)22-3)19(14-8-6-5-7-9-14)16(20)10-13-11-23-12(2)18-13/h5-9,11,15H,4,10H2,1-3H3. The molecule has 1 aromatic carbocycles. The van der Waals surface area contributed by atoms with Crippen LogP contribution in [0.1, 0.15) is 24.0 Å². The lowest BCUT2D eigenvalue weighted by Crippen LogP contribution is -2.46. The molecule has 1 heterocycles. The van der Waals surface area contributed by atoms with Gasteiger partial charge in [0.05, 0.1) is 24.2 Å². The van der Waals surface area contributed by atoms with Crippen molar-refractivity contribution in [1.29, 1.82) is 0 Å². The van der Waals surface area contributed by atoms with E-state index in [4.69, 9.17) is 4.74 Å². The first-order chi connectivity index (χ1) is 11.1. The number of hydrogen-bond acceptors (Lipinski definition) is 5. The first-order valence-electron chi connectivity index (χ1n) is 7.42. The molecule has 0 saturated heterocycles. The number of anilines is 1. The van der Waals surface area contributed by atoms with Crippen LogP contribution in [-0.2, 0) is 20.7 Å². The number of ether oxygens (including phenoxy) is 1. The molecule has 5 nitrogen and oxygen atoms in total. The van der Waals surface area contributed by atoms with Crippen molar-refractivity contribution < 1.29 is 14.3 Å². The summed E-state index contributed by atoms with van der Waals surface area (Å²) in [5.41, 5.74) is 1.40. The molecule has 0 aliphatic heterocycles. The molecule has 0 spiro atoms. The number of esters is 1. The van der Waals surface area contributed by atoms with E-state index in [1.165, 1.54) is 23.3 Å². The summed E-state index contributed by atoms with van der Waals surface area (Å²) in [7, 11) is 1.34. The number of amides is 1. The van der Waals surface area contributed by atoms with Gasteiger partial charge in [-0.05, 0) is 25.5 Å². The predicted octanol–water partition coefficient (Wildman–Crippen LogP) is 2.98. The van der Waals surface area contributed by atoms with Gasteiger partial charge in [0.2, 0.25) is 5.91 Å². The lowest BCUT2D eigenvalue weighted by atomic mass is 10.1. The molecule has 0 N–H and O–H groups in total. The minimum absolute atomic E-state index is 0.159. The zero-order chi connectivity index (χ0) is 16.8. The third-order valence-electron chi connectivity index (χ3n) is 3.47. The number of nitrogens with zero attached hydrogens (tertiary/aromatic N) is 2. The average molecular weight is 332 g/mol. The van der Waals surface area contributed by atoms with Gasteiger partial charge in [0.15, 0.2) is 0 Å². The molecule has 2 rings (SSSR count). The number of benzene rings is 1. The molecular weight excluding hydrogens is 312 g/mol. The van der Waals surface area contributed by atoms with Crippen molar-refractivity contribution in [2.24, 2.45) is 0 Å². The summed E-state index contributed by atoms with van der Waals surface area (Å²) >= 11 is 1.51. The molecular formula is C17H20N2O3S. The fourth-order valence-electron chi connectivity index (χ4n) is 2.41. The number of carbonyl (C=O) groups excluding carboxylic acids is 2. The summed E-state index contributed by atoms with van der Waals surface area (Å²) in [6.07, 6.45) is 0.635. The van der Waals surface area contributed by atoms with Gasteiger partial charge in [0.25, 0.3) is 0 Å². The van der Waals surface area contributed by atoms with Crippen molar-refractivity contribution in [3.8, 4) is 0 Å². The molecule has 122 valence electrons. The fourth-order valence-corrected chi connectivity index (χ4v) is 3.02. The Morgan fingerprint density at radius 2 is 2.00 bits per heavy atom. The van der Waals surface area contributed by atoms with E-state index in [1.54, 1.807) is 0 Å². The smallest absolute Gasteiger partial charge is 0.328 e. The number of para-hydroxylation sites is 1. The molecule has 0 aliphatic carbocycles. The van der Waals surface area contributed by atoms with Gasteiger partial charge in [-0.3, -0.25) is 9.69 Å². The van der Waals surface area contributed by atoms with Crippen molar-refractivity contribution in [3.05, 3.63) is 46.4 Å². The maximum atomic E-state index is 12.8. The zero-order valence-corrected chi connectivity index (χ0v) is 14.3. The van der Waals surface area contributed by atoms with Crippen molar-refractivity contribution in [3.63, 3.8) is 0 Å². The quantitative estimate of drug-likeness (QED) is 0.763. The number of carbonyl (C=O) groups is 2. The highest BCUT2D eigenvalue weighted by Crippen LogP contribution is 2.21. The molecule has 23 heavy (non-hydrogen) atoms. The Morgan fingerprint density at radius 3 is 2.52 bits per heavy atom. The Hall–Kier alpha value is -2.21. The van der Waals surface area contributed by atoms with Gasteiger partial charge in [0, 0.05) is 11.1 Å². The largest absolute Gasteiger partial charge is 0.467 e. The second kappa shape index (κ2) is 7.87. The van der Waals surface area contributed by atoms with Crippen molar-refractivity contribution in [1.82, 2.24) is 4.98 Å². The maximum Gasteiger partial charge on any atom is 0.328 e. The van der Waals surface area contributed by atoms with E-state index in [0.717, 1.165) is 10.7 Å². The normalized spacial score (nSPS) is 11.8. The first kappa shape index (κ1) is 17.1. The van der Waals surface area contributed by atoms with E-state index >= 15 is 0 Å². The maximum absolute atomic E-state index is 12.8. The van der Waals surface area contributed by atoms with Crippen LogP contribution in [0.5, 0.6) is 0 Å². The molecule has 1 unspecified atom stereocenters. The molecule has 1 aromatic heterocycles. The van der Waals surface area contributed by atoms with E-state index < -0.39 is 12.0 Å². The molecule has 2 aromatic rings. The van der Waals surface area contributed by atoms with E-state index in [0.29, 0.717) is 12.1 Å². The topological polar surface area (TPSA) is 59.5 Å². The van der Waals surface area contributed by atoms with Crippen molar-refractivity contribution in [2.75, 3.05) is 12.0 Å². The van der Waals surface area contributed by atoms with Gasteiger partial charge in [-0.1, -0.05) is 25.1 Å². The summed E-state index contributed by atoms with van der Waals surface area (Å²) in [6.45, 7) is 3.76. The highest BCUT2D eigenvalue weighted by atomic mass is 32.1. The molecule has 1 atom stereocenters. The monoisotopic (exact) mass is 332 g/mol. The predicted molar refractivity (Wildman–Crippen MR) is 90.6 cm³/mol. The summed E-state index contributed by atoms with van der Waals surface area (Å²) in [5.74, 6) is -0.585. The van der Waals surface area contributed by atoms with Gasteiger partial charge in [-0.2, -0.15) is 0 Å². The molecule has 0 fully saturated rings. The van der Waals surface area contributed by atoms with Gasteiger partial charge < -0.3 is 4.74 Å². The summed E-state index contributed by atoms with van der Waals surface area (Å²) in [4.78, 5) is 30.8. The van der Waals surface area contributed by atoms with E-state index in [-0.39, 0.29) is 12.3 Å². The lowest BCUT2D eigenvalue weighted by Gasteiger charge is -2.29. The number of aryl methyl sites for hydroxylation is 1. The molecule has 0 aliphatic rings. The Morgan fingerprint density at radius 1 is 1.30 bits per heavy atom. The first-order valence-corrected chi connectivity index (χ1v) is 8.30. The third-order valence-corrected chi connectivity index (χ3v) is 4.30. The number of methoxy groups -OCH3 is 1. The summed E-state index contributed by atoms with van der Waals surface area (Å²) < 4.78 is 4.86. The van der Waals surface area contributed by atoms with Crippen LogP contribution in [0.3, 0.4) is 0 Å². The lowest BCUT2D eigenvalue weighted by molar-refractivity contribution is -0.143. The second-order valence-electron chi connectivity index (χ2n) is 5.08. The van der Waals surface area contributed by atoms with Crippen LogP contribution in [0.2, 0.25) is 0 Å². The van der Waals surface area contributed by atoms with Gasteiger partial charge >= 0.3 is 5.97 Å². The van der Waals surface area contributed by atoms with Gasteiger partial charge in [0.1, 0.15) is 6.04 Å². The van der Waals surface area contributed by atoms with Crippen LogP contribution < -0.4 is 4.90 Å². The molecule has 6 heteroatoms. The van der Waals surface area contributed by atoms with E-state index in [1.807, 2.05) is 49.6 Å². The Balaban J connectivity index is 2.32. The summed E-state index contributed by atoms with van der Waals surface area (Å²) in [6, 6.07) is 8.54. The van der Waals surface area contributed by atoms with Crippen LogP contribution in [0.25, 0.3) is 0 Å². The van der Waals surface area contributed by atoms with Crippen molar-refractivity contribution >= 4 is 28.9 Å². The minimum Gasteiger partial charge on any atom is -0.467 e. The number of rotatable bonds is 6. The van der Waals surface area contributed by atoms with Gasteiger partial charge in [-0.15, -0.1) is 11.3 Å². The Labute approximate surface area is 139 Å². The second-order valence-corrected chi connectivity index (χ2v) is 6.14. The highest BCUT2D eigenvalue weighted by Gasteiger charge is 2.30.